The lowest BCUT2D eigenvalue weighted by Crippen LogP contribution is -2.29. The third-order valence-electron chi connectivity index (χ3n) is 0.534. The summed E-state index contributed by atoms with van der Waals surface area (Å²) in [6.07, 6.45) is -1.17. The summed E-state index contributed by atoms with van der Waals surface area (Å²) in [6, 6.07) is 1.09. The molecule has 4 heteroatoms. The summed E-state index contributed by atoms with van der Waals surface area (Å²) in [7, 11) is 0. The van der Waals surface area contributed by atoms with E-state index in [9.17, 15) is 4.79 Å². The van der Waals surface area contributed by atoms with E-state index in [-0.39, 0.29) is 0 Å². The normalized spacial score (nSPS) is 11.5. The van der Waals surface area contributed by atoms with Crippen molar-refractivity contribution < 1.29 is 9.90 Å². The molecule has 0 rings (SSSR count). The third-order valence-corrected chi connectivity index (χ3v) is 0.534. The zero-order chi connectivity index (χ0) is 6.57. The molecule has 0 fully saturated rings. The van der Waals surface area contributed by atoms with Gasteiger partial charge in [-0.15, -0.1) is 0 Å². The Hall–Kier alpha value is -1.24. The van der Waals surface area contributed by atoms with Crippen molar-refractivity contribution >= 4 is 6.09 Å². The van der Waals surface area contributed by atoms with Crippen molar-refractivity contribution in [1.82, 2.24) is 5.32 Å². The smallest absolute Gasteiger partial charge is 0.405 e. The van der Waals surface area contributed by atoms with Crippen molar-refractivity contribution in [3.63, 3.8) is 0 Å². The number of nitrogens with zero attached hydrogens (tertiary/aromatic N) is 1. The van der Waals surface area contributed by atoms with Gasteiger partial charge in [0.2, 0.25) is 0 Å². The zero-order valence-corrected chi connectivity index (χ0v) is 4.38. The van der Waals surface area contributed by atoms with Gasteiger partial charge >= 0.3 is 6.09 Å². The average molecular weight is 114 g/mol. The molecule has 0 aliphatic carbocycles. The molecule has 2 N–H and O–H groups in total. The molecule has 0 radical (unpaired) electrons. The fraction of sp³-hybridized carbons (Fsp3) is 0.500. The average Bonchev–Trinajstić information content (AvgIpc) is 1.65. The standard InChI is InChI=1S/C4H6N2O2/c1-3(2-5)6-4(7)8/h3,6H,1H3,(H,7,8). The molecule has 0 saturated heterocycles. The first-order valence-corrected chi connectivity index (χ1v) is 2.06. The van der Waals surface area contributed by atoms with Crippen LogP contribution in [0.2, 0.25) is 0 Å². The highest BCUT2D eigenvalue weighted by Crippen LogP contribution is 1.73. The quantitative estimate of drug-likeness (QED) is 0.510. The van der Waals surface area contributed by atoms with E-state index in [0.29, 0.717) is 0 Å². The fourth-order valence-electron chi connectivity index (χ4n) is 0.217. The molecule has 8 heavy (non-hydrogen) atoms. The Kier molecular flexibility index (Phi) is 2.41. The molecule has 0 spiro atoms. The summed E-state index contributed by atoms with van der Waals surface area (Å²) in [5.74, 6) is 0. The van der Waals surface area contributed by atoms with Crippen LogP contribution in [0.5, 0.6) is 0 Å². The molecule has 0 aromatic heterocycles. The van der Waals surface area contributed by atoms with E-state index in [0.717, 1.165) is 0 Å². The second-order valence-corrected chi connectivity index (χ2v) is 1.30. The minimum absolute atomic E-state index is 0.618. The number of rotatable bonds is 1. The Morgan fingerprint density at radius 2 is 2.50 bits per heavy atom. The van der Waals surface area contributed by atoms with Gasteiger partial charge in [-0.05, 0) is 6.92 Å². The second kappa shape index (κ2) is 2.86. The van der Waals surface area contributed by atoms with Gasteiger partial charge in [0.25, 0.3) is 0 Å². The molecule has 44 valence electrons. The van der Waals surface area contributed by atoms with Crippen LogP contribution in [0, 0.1) is 11.3 Å². The van der Waals surface area contributed by atoms with Gasteiger partial charge in [0.1, 0.15) is 6.04 Å². The number of hydrogen-bond donors (Lipinski definition) is 2. The molecule has 4 nitrogen and oxygen atoms in total. The Morgan fingerprint density at radius 1 is 2.00 bits per heavy atom. The number of nitriles is 1. The Morgan fingerprint density at radius 3 is 2.62 bits per heavy atom. The number of carboxylic acid groups (broad SMARTS) is 1. The maximum Gasteiger partial charge on any atom is 0.405 e. The molecule has 0 aromatic carbocycles. The van der Waals surface area contributed by atoms with Crippen molar-refractivity contribution in [2.45, 2.75) is 13.0 Å². The van der Waals surface area contributed by atoms with Crippen LogP contribution in [0.4, 0.5) is 4.79 Å². The van der Waals surface area contributed by atoms with E-state index in [1.807, 2.05) is 5.32 Å². The van der Waals surface area contributed by atoms with E-state index >= 15 is 0 Å². The molecule has 0 heterocycles. The molecular weight excluding hydrogens is 108 g/mol. The molecule has 0 aliphatic rings. The molecular formula is C4H6N2O2. The highest BCUT2D eigenvalue weighted by atomic mass is 16.4. The van der Waals surface area contributed by atoms with Crippen molar-refractivity contribution in [2.24, 2.45) is 0 Å². The summed E-state index contributed by atoms with van der Waals surface area (Å²) in [5.41, 5.74) is 0. The highest BCUT2D eigenvalue weighted by Gasteiger charge is 1.99. The minimum atomic E-state index is -1.17. The van der Waals surface area contributed by atoms with Gasteiger partial charge in [-0.25, -0.2) is 4.79 Å². The van der Waals surface area contributed by atoms with Gasteiger partial charge in [0, 0.05) is 0 Å². The Balaban J connectivity index is 3.43. The lowest BCUT2D eigenvalue weighted by atomic mass is 10.4. The fourth-order valence-corrected chi connectivity index (χ4v) is 0.217. The Bertz CT molecular complexity index is 126. The van der Waals surface area contributed by atoms with Crippen molar-refractivity contribution in [2.75, 3.05) is 0 Å². The molecule has 1 amide bonds. The van der Waals surface area contributed by atoms with E-state index in [1.54, 1.807) is 6.07 Å². The van der Waals surface area contributed by atoms with Crippen LogP contribution >= 0.6 is 0 Å². The van der Waals surface area contributed by atoms with Gasteiger partial charge in [0.05, 0.1) is 6.07 Å². The Labute approximate surface area is 46.7 Å². The van der Waals surface area contributed by atoms with Gasteiger partial charge in [-0.1, -0.05) is 0 Å². The van der Waals surface area contributed by atoms with Crippen molar-refractivity contribution in [1.29, 1.82) is 5.26 Å². The summed E-state index contributed by atoms with van der Waals surface area (Å²) < 4.78 is 0. The number of carbonyl (C=O) groups is 1. The second-order valence-electron chi connectivity index (χ2n) is 1.30. The number of amides is 1. The molecule has 0 saturated carbocycles. The van der Waals surface area contributed by atoms with Gasteiger partial charge in [-0.2, -0.15) is 5.26 Å². The van der Waals surface area contributed by atoms with Crippen LogP contribution in [-0.2, 0) is 0 Å². The zero-order valence-electron chi connectivity index (χ0n) is 4.38. The molecule has 0 aliphatic heterocycles. The van der Waals surface area contributed by atoms with Crippen molar-refractivity contribution in [3.8, 4) is 6.07 Å². The maximum absolute atomic E-state index is 9.71. The molecule has 0 bridgehead atoms. The first-order chi connectivity index (χ1) is 3.66. The van der Waals surface area contributed by atoms with E-state index in [4.69, 9.17) is 10.4 Å². The van der Waals surface area contributed by atoms with Crippen LogP contribution in [0.1, 0.15) is 6.92 Å². The molecule has 0 aromatic rings. The van der Waals surface area contributed by atoms with Gasteiger partial charge < -0.3 is 10.4 Å². The number of nitrogens with one attached hydrogen (secondary N) is 1. The van der Waals surface area contributed by atoms with Gasteiger partial charge in [-0.3, -0.25) is 0 Å². The van der Waals surface area contributed by atoms with Crippen LogP contribution in [0.3, 0.4) is 0 Å². The third kappa shape index (κ3) is 2.97. The minimum Gasteiger partial charge on any atom is -0.465 e. The highest BCUT2D eigenvalue weighted by molar-refractivity contribution is 5.65. The molecule has 1 unspecified atom stereocenters. The predicted molar refractivity (Wildman–Crippen MR) is 26.2 cm³/mol. The predicted octanol–water partition coefficient (Wildman–Crippen LogP) is 0.166. The summed E-state index contributed by atoms with van der Waals surface area (Å²) in [5, 5.41) is 17.9. The van der Waals surface area contributed by atoms with E-state index in [1.165, 1.54) is 6.92 Å². The van der Waals surface area contributed by atoms with Crippen LogP contribution in [-0.4, -0.2) is 17.2 Å². The monoisotopic (exact) mass is 114 g/mol. The van der Waals surface area contributed by atoms with E-state index in [2.05, 4.69) is 0 Å². The first kappa shape index (κ1) is 6.76. The topological polar surface area (TPSA) is 73.1 Å². The largest absolute Gasteiger partial charge is 0.465 e. The van der Waals surface area contributed by atoms with Crippen LogP contribution in [0.15, 0.2) is 0 Å². The summed E-state index contributed by atoms with van der Waals surface area (Å²) >= 11 is 0. The summed E-state index contributed by atoms with van der Waals surface area (Å²) in [6.45, 7) is 1.47. The lowest BCUT2D eigenvalue weighted by Gasteiger charge is -1.97. The van der Waals surface area contributed by atoms with E-state index < -0.39 is 12.1 Å². The molecule has 1 atom stereocenters. The lowest BCUT2D eigenvalue weighted by molar-refractivity contribution is 0.193. The van der Waals surface area contributed by atoms with Gasteiger partial charge in [0.15, 0.2) is 0 Å². The van der Waals surface area contributed by atoms with Crippen LogP contribution in [0.25, 0.3) is 0 Å². The maximum atomic E-state index is 9.71. The summed E-state index contributed by atoms with van der Waals surface area (Å²) in [4.78, 5) is 9.71. The van der Waals surface area contributed by atoms with Crippen LogP contribution < -0.4 is 5.32 Å². The van der Waals surface area contributed by atoms with Crippen molar-refractivity contribution in [3.05, 3.63) is 0 Å². The SMILES string of the molecule is CC(C#N)NC(=O)O. The first-order valence-electron chi connectivity index (χ1n) is 2.06. The number of hydrogen-bond acceptors (Lipinski definition) is 2.